The number of carbonyl (C=O) groups is 2. The third-order valence-electron chi connectivity index (χ3n) is 6.71. The fourth-order valence-electron chi connectivity index (χ4n) is 4.56. The molecule has 1 saturated carbocycles. The van der Waals surface area contributed by atoms with E-state index < -0.39 is 33.4 Å². The first-order valence-electron chi connectivity index (χ1n) is 12.4. The number of non-ortho nitro benzene ring substituents is 1. The number of aryl methyl sites for hydroxylation is 1. The maximum Gasteiger partial charge on any atom is 0.271 e. The van der Waals surface area contributed by atoms with Crippen molar-refractivity contribution >= 4 is 49.1 Å². The second kappa shape index (κ2) is 12.7. The van der Waals surface area contributed by atoms with E-state index in [9.17, 15) is 28.1 Å². The van der Waals surface area contributed by atoms with E-state index in [0.29, 0.717) is 5.56 Å². The molecule has 1 aliphatic rings. The van der Waals surface area contributed by atoms with Crippen molar-refractivity contribution in [1.29, 1.82) is 0 Å². The highest BCUT2D eigenvalue weighted by molar-refractivity contribution is 9.10. The summed E-state index contributed by atoms with van der Waals surface area (Å²) in [5, 5.41) is 14.4. The van der Waals surface area contributed by atoms with Crippen molar-refractivity contribution in [1.82, 2.24) is 10.2 Å². The minimum atomic E-state index is -4.00. The van der Waals surface area contributed by atoms with E-state index in [1.807, 2.05) is 24.3 Å². The standard InChI is InChI=1S/C26H33BrN4O6S/c1-18-12-13-23(31(34)35)15-24(18)30(38(3,36)37)17-25(32)29(16-20-8-7-9-21(27)14-20)19(2)26(33)28-22-10-5-4-6-11-22/h7-9,12-15,19,22H,4-6,10-11,16-17H2,1-3H3,(H,28,33)/t19-/m0/s1. The highest BCUT2D eigenvalue weighted by atomic mass is 79.9. The lowest BCUT2D eigenvalue weighted by molar-refractivity contribution is -0.384. The van der Waals surface area contributed by atoms with Crippen LogP contribution in [0.3, 0.4) is 0 Å². The third-order valence-corrected chi connectivity index (χ3v) is 8.33. The zero-order valence-electron chi connectivity index (χ0n) is 21.7. The van der Waals surface area contributed by atoms with Gasteiger partial charge in [0.15, 0.2) is 0 Å². The topological polar surface area (TPSA) is 130 Å². The predicted molar refractivity (Wildman–Crippen MR) is 149 cm³/mol. The Kier molecular flexibility index (Phi) is 9.88. The Hall–Kier alpha value is -2.99. The average molecular weight is 610 g/mol. The van der Waals surface area contributed by atoms with Gasteiger partial charge in [-0.25, -0.2) is 8.42 Å². The molecule has 38 heavy (non-hydrogen) atoms. The van der Waals surface area contributed by atoms with Crippen LogP contribution >= 0.6 is 15.9 Å². The number of benzene rings is 2. The summed E-state index contributed by atoms with van der Waals surface area (Å²) in [6.45, 7) is 2.69. The summed E-state index contributed by atoms with van der Waals surface area (Å²) in [6.07, 6.45) is 5.90. The van der Waals surface area contributed by atoms with Crippen LogP contribution in [0.25, 0.3) is 0 Å². The monoisotopic (exact) mass is 608 g/mol. The Balaban J connectivity index is 1.93. The predicted octanol–water partition coefficient (Wildman–Crippen LogP) is 4.30. The molecule has 1 aliphatic carbocycles. The van der Waals surface area contributed by atoms with Crippen molar-refractivity contribution in [2.45, 2.75) is 64.6 Å². The molecule has 0 heterocycles. The fourth-order valence-corrected chi connectivity index (χ4v) is 5.90. The van der Waals surface area contributed by atoms with Gasteiger partial charge in [-0.15, -0.1) is 0 Å². The molecule has 2 aromatic rings. The van der Waals surface area contributed by atoms with Crippen LogP contribution in [0.5, 0.6) is 0 Å². The number of sulfonamides is 1. The number of nitro groups is 1. The first-order chi connectivity index (χ1) is 17.9. The van der Waals surface area contributed by atoms with Gasteiger partial charge in [0, 0.05) is 29.2 Å². The molecule has 0 aromatic heterocycles. The van der Waals surface area contributed by atoms with Gasteiger partial charge < -0.3 is 10.2 Å². The number of hydrogen-bond donors (Lipinski definition) is 1. The van der Waals surface area contributed by atoms with E-state index in [1.54, 1.807) is 13.8 Å². The van der Waals surface area contributed by atoms with Crippen LogP contribution in [-0.2, 0) is 26.2 Å². The summed E-state index contributed by atoms with van der Waals surface area (Å²) >= 11 is 3.42. The number of halogens is 1. The summed E-state index contributed by atoms with van der Waals surface area (Å²) in [5.74, 6) is -0.912. The number of nitrogens with zero attached hydrogens (tertiary/aromatic N) is 3. The molecule has 0 aliphatic heterocycles. The molecule has 1 N–H and O–H groups in total. The van der Waals surface area contributed by atoms with Crippen LogP contribution in [0, 0.1) is 17.0 Å². The van der Waals surface area contributed by atoms with Crippen LogP contribution in [-0.4, -0.2) is 54.9 Å². The first kappa shape index (κ1) is 29.6. The number of nitro benzene ring substituents is 1. The van der Waals surface area contributed by atoms with Gasteiger partial charge >= 0.3 is 0 Å². The molecule has 2 aromatic carbocycles. The van der Waals surface area contributed by atoms with Gasteiger partial charge in [-0.3, -0.25) is 24.0 Å². The van der Waals surface area contributed by atoms with E-state index in [2.05, 4.69) is 21.2 Å². The maximum absolute atomic E-state index is 13.7. The van der Waals surface area contributed by atoms with Crippen LogP contribution in [0.15, 0.2) is 46.9 Å². The summed E-state index contributed by atoms with van der Waals surface area (Å²) in [4.78, 5) is 39.0. The zero-order valence-corrected chi connectivity index (χ0v) is 24.1. The molecule has 12 heteroatoms. The minimum absolute atomic E-state index is 0.0387. The highest BCUT2D eigenvalue weighted by Gasteiger charge is 2.32. The molecular weight excluding hydrogens is 576 g/mol. The normalized spacial score (nSPS) is 14.9. The number of carbonyl (C=O) groups excluding carboxylic acids is 2. The molecule has 0 radical (unpaired) electrons. The molecule has 3 rings (SSSR count). The second-order valence-corrected chi connectivity index (χ2v) is 12.5. The maximum atomic E-state index is 13.7. The molecule has 0 unspecified atom stereocenters. The molecular formula is C26H33BrN4O6S. The minimum Gasteiger partial charge on any atom is -0.352 e. The van der Waals surface area contributed by atoms with Crippen molar-refractivity contribution in [2.75, 3.05) is 17.1 Å². The average Bonchev–Trinajstić information content (AvgIpc) is 2.85. The van der Waals surface area contributed by atoms with Gasteiger partial charge in [-0.1, -0.05) is 53.4 Å². The van der Waals surface area contributed by atoms with Gasteiger partial charge in [-0.2, -0.15) is 0 Å². The van der Waals surface area contributed by atoms with Crippen molar-refractivity contribution in [3.05, 3.63) is 68.2 Å². The molecule has 1 atom stereocenters. The van der Waals surface area contributed by atoms with Crippen LogP contribution < -0.4 is 9.62 Å². The molecule has 2 amide bonds. The molecule has 206 valence electrons. The van der Waals surface area contributed by atoms with Crippen molar-refractivity contribution in [3.8, 4) is 0 Å². The van der Waals surface area contributed by atoms with Gasteiger partial charge in [0.2, 0.25) is 21.8 Å². The number of amides is 2. The van der Waals surface area contributed by atoms with Gasteiger partial charge in [0.05, 0.1) is 16.9 Å². The van der Waals surface area contributed by atoms with Gasteiger partial charge in [-0.05, 0) is 49.9 Å². The molecule has 0 spiro atoms. The lowest BCUT2D eigenvalue weighted by Crippen LogP contribution is -2.53. The largest absolute Gasteiger partial charge is 0.352 e. The van der Waals surface area contributed by atoms with Crippen molar-refractivity contribution < 1.29 is 22.9 Å². The molecule has 1 fully saturated rings. The second-order valence-electron chi connectivity index (χ2n) is 9.67. The van der Waals surface area contributed by atoms with Crippen LogP contribution in [0.1, 0.15) is 50.2 Å². The van der Waals surface area contributed by atoms with E-state index in [-0.39, 0.29) is 29.9 Å². The van der Waals surface area contributed by atoms with Gasteiger partial charge in [0.1, 0.15) is 12.6 Å². The Morgan fingerprint density at radius 1 is 1.16 bits per heavy atom. The Morgan fingerprint density at radius 3 is 2.45 bits per heavy atom. The summed E-state index contributed by atoms with van der Waals surface area (Å²) in [5.41, 5.74) is 0.951. The van der Waals surface area contributed by atoms with Gasteiger partial charge in [0.25, 0.3) is 5.69 Å². The number of anilines is 1. The lowest BCUT2D eigenvalue weighted by atomic mass is 9.95. The number of hydrogen-bond acceptors (Lipinski definition) is 6. The fraction of sp³-hybridized carbons (Fsp3) is 0.462. The third kappa shape index (κ3) is 7.76. The molecule has 0 saturated heterocycles. The van der Waals surface area contributed by atoms with E-state index in [1.165, 1.54) is 17.0 Å². The van der Waals surface area contributed by atoms with E-state index in [4.69, 9.17) is 0 Å². The smallest absolute Gasteiger partial charge is 0.271 e. The molecule has 0 bridgehead atoms. The Morgan fingerprint density at radius 2 is 1.84 bits per heavy atom. The Labute approximate surface area is 231 Å². The highest BCUT2D eigenvalue weighted by Crippen LogP contribution is 2.28. The van der Waals surface area contributed by atoms with Crippen molar-refractivity contribution in [2.24, 2.45) is 0 Å². The zero-order chi connectivity index (χ0) is 28.0. The summed E-state index contributed by atoms with van der Waals surface area (Å²) < 4.78 is 27.2. The van der Waals surface area contributed by atoms with E-state index >= 15 is 0 Å². The SMILES string of the molecule is Cc1ccc([N+](=O)[O-])cc1N(CC(=O)N(Cc1cccc(Br)c1)[C@@H](C)C(=O)NC1CCCCC1)S(C)(=O)=O. The van der Waals surface area contributed by atoms with Crippen molar-refractivity contribution in [3.63, 3.8) is 0 Å². The van der Waals surface area contributed by atoms with E-state index in [0.717, 1.165) is 58.8 Å². The van der Waals surface area contributed by atoms with Crippen LogP contribution in [0.4, 0.5) is 11.4 Å². The Bertz CT molecular complexity index is 1300. The summed E-state index contributed by atoms with van der Waals surface area (Å²) in [6, 6.07) is 10.3. The molecule has 10 nitrogen and oxygen atoms in total. The lowest BCUT2D eigenvalue weighted by Gasteiger charge is -2.33. The number of rotatable bonds is 10. The number of nitrogens with one attached hydrogen (secondary N) is 1. The quantitative estimate of drug-likeness (QED) is 0.316. The first-order valence-corrected chi connectivity index (χ1v) is 15.1. The van der Waals surface area contributed by atoms with Crippen LogP contribution in [0.2, 0.25) is 0 Å². The summed E-state index contributed by atoms with van der Waals surface area (Å²) in [7, 11) is -4.00.